The molecule has 0 aliphatic heterocycles. The standard InChI is InChI=1S/C17H30O5/c1-10(9-22-11(2)18)12-5-7-16(3)13(19)6-8-17(4,21)15(16)14(12)20/h10,12-15,19-21H,5-9H2,1-4H3/t10-,12-,13+,14+,15?,16-,17-/m0/s1. The number of rotatable bonds is 3. The summed E-state index contributed by atoms with van der Waals surface area (Å²) < 4.78 is 5.08. The SMILES string of the molecule is CC(=O)OC[C@H](C)[C@@H]1CC[C@]2(C)C([C@@H]1O)[C@@](C)(O)CC[C@H]2O. The Hall–Kier alpha value is -0.650. The Bertz CT molecular complexity index is 421. The monoisotopic (exact) mass is 314 g/mol. The number of carbonyl (C=O) groups is 1. The summed E-state index contributed by atoms with van der Waals surface area (Å²) in [5.74, 6) is -0.683. The second kappa shape index (κ2) is 6.10. The largest absolute Gasteiger partial charge is 0.466 e. The van der Waals surface area contributed by atoms with E-state index in [0.717, 1.165) is 12.8 Å². The predicted octanol–water partition coefficient (Wildman–Crippen LogP) is 1.48. The van der Waals surface area contributed by atoms with Gasteiger partial charge in [-0.2, -0.15) is 0 Å². The van der Waals surface area contributed by atoms with Crippen molar-refractivity contribution < 1.29 is 24.9 Å². The van der Waals surface area contributed by atoms with E-state index in [1.807, 2.05) is 13.8 Å². The number of esters is 1. The van der Waals surface area contributed by atoms with Gasteiger partial charge in [0.05, 0.1) is 24.4 Å². The summed E-state index contributed by atoms with van der Waals surface area (Å²) in [7, 11) is 0. The highest BCUT2D eigenvalue weighted by atomic mass is 16.5. The average molecular weight is 314 g/mol. The van der Waals surface area contributed by atoms with Gasteiger partial charge in [0.25, 0.3) is 0 Å². The van der Waals surface area contributed by atoms with Crippen LogP contribution in [0.5, 0.6) is 0 Å². The normalized spacial score (nSPS) is 46.7. The molecule has 0 amide bonds. The fraction of sp³-hybridized carbons (Fsp3) is 0.941. The lowest BCUT2D eigenvalue weighted by molar-refractivity contribution is -0.221. The Morgan fingerprint density at radius 2 is 1.91 bits per heavy atom. The second-order valence-electron chi connectivity index (χ2n) is 7.87. The number of carbonyl (C=O) groups excluding carboxylic acids is 1. The molecule has 0 radical (unpaired) electrons. The molecular formula is C17H30O5. The van der Waals surface area contributed by atoms with E-state index in [1.165, 1.54) is 6.92 Å². The van der Waals surface area contributed by atoms with Gasteiger partial charge in [0.15, 0.2) is 0 Å². The second-order valence-corrected chi connectivity index (χ2v) is 7.87. The van der Waals surface area contributed by atoms with Crippen LogP contribution < -0.4 is 0 Å². The minimum Gasteiger partial charge on any atom is -0.466 e. The lowest BCUT2D eigenvalue weighted by Gasteiger charge is -2.58. The zero-order valence-electron chi connectivity index (χ0n) is 14.1. The Labute approximate surface area is 132 Å². The number of aliphatic hydroxyl groups is 3. The van der Waals surface area contributed by atoms with Crippen LogP contribution in [-0.2, 0) is 9.53 Å². The molecule has 3 N–H and O–H groups in total. The van der Waals surface area contributed by atoms with E-state index < -0.39 is 23.2 Å². The van der Waals surface area contributed by atoms with Gasteiger partial charge in [0.1, 0.15) is 0 Å². The third-order valence-electron chi connectivity index (χ3n) is 6.14. The number of hydrogen-bond acceptors (Lipinski definition) is 5. The van der Waals surface area contributed by atoms with Gasteiger partial charge >= 0.3 is 5.97 Å². The van der Waals surface area contributed by atoms with E-state index in [4.69, 9.17) is 4.74 Å². The smallest absolute Gasteiger partial charge is 0.302 e. The molecule has 0 aromatic heterocycles. The summed E-state index contributed by atoms with van der Waals surface area (Å²) in [5.41, 5.74) is -1.44. The molecule has 5 nitrogen and oxygen atoms in total. The van der Waals surface area contributed by atoms with Gasteiger partial charge in [0.2, 0.25) is 0 Å². The van der Waals surface area contributed by atoms with Crippen molar-refractivity contribution in [3.63, 3.8) is 0 Å². The van der Waals surface area contributed by atoms with Crippen LogP contribution in [0.4, 0.5) is 0 Å². The van der Waals surface area contributed by atoms with Gasteiger partial charge in [-0.25, -0.2) is 0 Å². The van der Waals surface area contributed by atoms with Gasteiger partial charge in [-0.3, -0.25) is 4.79 Å². The van der Waals surface area contributed by atoms with Gasteiger partial charge in [-0.05, 0) is 44.4 Å². The van der Waals surface area contributed by atoms with Crippen molar-refractivity contribution in [2.24, 2.45) is 23.2 Å². The molecule has 7 atom stereocenters. The molecule has 0 heterocycles. The van der Waals surface area contributed by atoms with Crippen molar-refractivity contribution in [1.29, 1.82) is 0 Å². The zero-order chi connectivity index (χ0) is 16.7. The molecular weight excluding hydrogens is 284 g/mol. The highest BCUT2D eigenvalue weighted by Crippen LogP contribution is 2.56. The Balaban J connectivity index is 2.18. The first-order valence-corrected chi connectivity index (χ1v) is 8.31. The van der Waals surface area contributed by atoms with Crippen molar-refractivity contribution in [3.05, 3.63) is 0 Å². The van der Waals surface area contributed by atoms with Gasteiger partial charge < -0.3 is 20.1 Å². The van der Waals surface area contributed by atoms with Crippen LogP contribution in [0.2, 0.25) is 0 Å². The average Bonchev–Trinajstić information content (AvgIpc) is 2.40. The summed E-state index contributed by atoms with van der Waals surface area (Å²) in [6.45, 7) is 7.37. The van der Waals surface area contributed by atoms with Crippen LogP contribution in [0, 0.1) is 23.2 Å². The molecule has 1 unspecified atom stereocenters. The molecule has 2 aliphatic carbocycles. The summed E-state index contributed by atoms with van der Waals surface area (Å²) >= 11 is 0. The minimum absolute atomic E-state index is 0.0262. The molecule has 2 fully saturated rings. The molecule has 2 aliphatic rings. The van der Waals surface area contributed by atoms with E-state index in [0.29, 0.717) is 12.8 Å². The van der Waals surface area contributed by atoms with Crippen molar-refractivity contribution in [1.82, 2.24) is 0 Å². The maximum absolute atomic E-state index is 11.0. The van der Waals surface area contributed by atoms with Crippen LogP contribution in [-0.4, -0.2) is 45.7 Å². The minimum atomic E-state index is -0.979. The van der Waals surface area contributed by atoms with Gasteiger partial charge in [0, 0.05) is 18.3 Å². The van der Waals surface area contributed by atoms with E-state index in [-0.39, 0.29) is 30.3 Å². The molecule has 5 heteroatoms. The van der Waals surface area contributed by atoms with Crippen LogP contribution in [0.1, 0.15) is 53.4 Å². The molecule has 0 bridgehead atoms. The number of ether oxygens (including phenoxy) is 1. The molecule has 0 aromatic carbocycles. The Morgan fingerprint density at radius 3 is 2.50 bits per heavy atom. The molecule has 2 saturated carbocycles. The highest BCUT2D eigenvalue weighted by molar-refractivity contribution is 5.65. The number of aliphatic hydroxyl groups excluding tert-OH is 2. The first-order chi connectivity index (χ1) is 10.1. The van der Waals surface area contributed by atoms with Crippen LogP contribution in [0.25, 0.3) is 0 Å². The van der Waals surface area contributed by atoms with E-state index >= 15 is 0 Å². The topological polar surface area (TPSA) is 87.0 Å². The Morgan fingerprint density at radius 1 is 1.27 bits per heavy atom. The lowest BCUT2D eigenvalue weighted by atomic mass is 9.50. The quantitative estimate of drug-likeness (QED) is 0.687. The van der Waals surface area contributed by atoms with E-state index in [2.05, 4.69) is 0 Å². The van der Waals surface area contributed by atoms with Gasteiger partial charge in [-0.1, -0.05) is 13.8 Å². The van der Waals surface area contributed by atoms with E-state index in [1.54, 1.807) is 6.92 Å². The van der Waals surface area contributed by atoms with Gasteiger partial charge in [-0.15, -0.1) is 0 Å². The molecule has 2 rings (SSSR count). The summed E-state index contributed by atoms with van der Waals surface area (Å²) in [6, 6.07) is 0. The number of fused-ring (bicyclic) bond motifs is 1. The lowest BCUT2D eigenvalue weighted by Crippen LogP contribution is -2.63. The van der Waals surface area contributed by atoms with E-state index in [9.17, 15) is 20.1 Å². The first-order valence-electron chi connectivity index (χ1n) is 8.31. The summed E-state index contributed by atoms with van der Waals surface area (Å²) in [6.07, 6.45) is 1.41. The molecule has 0 spiro atoms. The fourth-order valence-electron chi connectivity index (χ4n) is 4.80. The van der Waals surface area contributed by atoms with Crippen LogP contribution in [0.3, 0.4) is 0 Å². The molecule has 22 heavy (non-hydrogen) atoms. The summed E-state index contributed by atoms with van der Waals surface area (Å²) in [5, 5.41) is 32.1. The Kier molecular flexibility index (Phi) is 4.91. The maximum atomic E-state index is 11.0. The van der Waals surface area contributed by atoms with Crippen LogP contribution in [0.15, 0.2) is 0 Å². The number of hydrogen-bond donors (Lipinski definition) is 3. The summed E-state index contributed by atoms with van der Waals surface area (Å²) in [4.78, 5) is 11.0. The van der Waals surface area contributed by atoms with Crippen LogP contribution >= 0.6 is 0 Å². The maximum Gasteiger partial charge on any atom is 0.302 e. The molecule has 0 saturated heterocycles. The molecule has 128 valence electrons. The fourth-order valence-corrected chi connectivity index (χ4v) is 4.80. The highest BCUT2D eigenvalue weighted by Gasteiger charge is 2.59. The third kappa shape index (κ3) is 3.03. The predicted molar refractivity (Wildman–Crippen MR) is 82.0 cm³/mol. The molecule has 0 aromatic rings. The van der Waals surface area contributed by atoms with Crippen molar-refractivity contribution in [3.8, 4) is 0 Å². The third-order valence-corrected chi connectivity index (χ3v) is 6.14. The van der Waals surface area contributed by atoms with Crippen molar-refractivity contribution >= 4 is 5.97 Å². The van der Waals surface area contributed by atoms with Crippen molar-refractivity contribution in [2.45, 2.75) is 71.2 Å². The van der Waals surface area contributed by atoms with Crippen molar-refractivity contribution in [2.75, 3.05) is 6.61 Å². The first kappa shape index (κ1) is 17.7. The zero-order valence-corrected chi connectivity index (χ0v) is 14.1.